The van der Waals surface area contributed by atoms with E-state index in [0.29, 0.717) is 24.2 Å². The van der Waals surface area contributed by atoms with E-state index in [-0.39, 0.29) is 17.2 Å². The molecule has 1 unspecified atom stereocenters. The van der Waals surface area contributed by atoms with E-state index in [2.05, 4.69) is 15.3 Å². The number of hydrogen-bond acceptors (Lipinski definition) is 6. The third-order valence-corrected chi connectivity index (χ3v) is 4.87. The summed E-state index contributed by atoms with van der Waals surface area (Å²) in [4.78, 5) is 35.3. The number of nitrogens with zero attached hydrogens (tertiary/aromatic N) is 5. The molecule has 1 atom stereocenters. The van der Waals surface area contributed by atoms with Crippen molar-refractivity contribution in [2.24, 2.45) is 7.05 Å². The Balaban J connectivity index is 1.52. The fourth-order valence-corrected chi connectivity index (χ4v) is 3.35. The molecule has 1 saturated heterocycles. The maximum Gasteiger partial charge on any atom is 0.293 e. The van der Waals surface area contributed by atoms with Crippen molar-refractivity contribution < 1.29 is 0 Å². The molecule has 2 aliphatic rings. The van der Waals surface area contributed by atoms with Crippen molar-refractivity contribution in [3.63, 3.8) is 0 Å². The second-order valence-corrected chi connectivity index (χ2v) is 6.82. The van der Waals surface area contributed by atoms with E-state index in [4.69, 9.17) is 0 Å². The Morgan fingerprint density at radius 2 is 1.88 bits per heavy atom. The van der Waals surface area contributed by atoms with Crippen LogP contribution in [-0.2, 0) is 7.05 Å². The van der Waals surface area contributed by atoms with Crippen LogP contribution in [0, 0.1) is 0 Å². The Bertz CT molecular complexity index is 885. The summed E-state index contributed by atoms with van der Waals surface area (Å²) in [6.07, 6.45) is 10.7. The molecule has 1 saturated carbocycles. The van der Waals surface area contributed by atoms with Crippen LogP contribution in [0.4, 0.5) is 11.6 Å². The van der Waals surface area contributed by atoms with Gasteiger partial charge in [-0.3, -0.25) is 9.59 Å². The van der Waals surface area contributed by atoms with Crippen molar-refractivity contribution in [3.8, 4) is 0 Å². The molecule has 0 spiro atoms. The number of rotatable bonds is 4. The van der Waals surface area contributed by atoms with Crippen LogP contribution in [0.15, 0.2) is 34.4 Å². The average Bonchev–Trinajstić information content (AvgIpc) is 3.44. The van der Waals surface area contributed by atoms with Gasteiger partial charge in [-0.15, -0.1) is 0 Å². The van der Waals surface area contributed by atoms with E-state index in [1.165, 1.54) is 4.57 Å². The van der Waals surface area contributed by atoms with Gasteiger partial charge in [0, 0.05) is 57.0 Å². The summed E-state index contributed by atoms with van der Waals surface area (Å²) in [6, 6.07) is 0.395. The number of hydrogen-bond donors (Lipinski definition) is 1. The van der Waals surface area contributed by atoms with Crippen LogP contribution in [0.1, 0.15) is 31.7 Å². The van der Waals surface area contributed by atoms with Gasteiger partial charge in [0.25, 0.3) is 11.1 Å². The first-order chi connectivity index (χ1) is 12.1. The number of aryl methyl sites for hydroxylation is 1. The molecule has 3 heterocycles. The second kappa shape index (κ2) is 6.34. The van der Waals surface area contributed by atoms with Crippen molar-refractivity contribution in [1.82, 2.24) is 19.1 Å². The predicted molar refractivity (Wildman–Crippen MR) is 95.1 cm³/mol. The molecule has 2 aromatic heterocycles. The maximum atomic E-state index is 12.5. The van der Waals surface area contributed by atoms with Gasteiger partial charge in [0.05, 0.1) is 0 Å². The first kappa shape index (κ1) is 15.9. The summed E-state index contributed by atoms with van der Waals surface area (Å²) in [5.41, 5.74) is -0.159. The minimum Gasteiger partial charge on any atom is -0.361 e. The van der Waals surface area contributed by atoms with Crippen molar-refractivity contribution in [2.45, 2.75) is 37.8 Å². The van der Waals surface area contributed by atoms with Crippen molar-refractivity contribution in [3.05, 3.63) is 45.5 Å². The standard InChI is InChI=1S/C17H22N6O2/c1-21-9-6-19-15(17(21)25)22-8-2-3-12(11-22)20-14-16(24)23(10-7-18-14)13-4-5-13/h6-7,9-10,12-13H,2-5,8,11H2,1H3,(H,18,20). The van der Waals surface area contributed by atoms with Crippen LogP contribution in [0.25, 0.3) is 0 Å². The highest BCUT2D eigenvalue weighted by atomic mass is 16.1. The number of anilines is 2. The van der Waals surface area contributed by atoms with Crippen LogP contribution in [-0.4, -0.2) is 38.2 Å². The molecule has 1 aliphatic heterocycles. The number of aromatic nitrogens is 4. The van der Waals surface area contributed by atoms with Gasteiger partial charge in [0.1, 0.15) is 0 Å². The van der Waals surface area contributed by atoms with E-state index in [9.17, 15) is 9.59 Å². The molecular weight excluding hydrogens is 320 g/mol. The van der Waals surface area contributed by atoms with E-state index in [0.717, 1.165) is 32.2 Å². The molecule has 2 aromatic rings. The highest BCUT2D eigenvalue weighted by Gasteiger charge is 2.27. The van der Waals surface area contributed by atoms with Gasteiger partial charge in [0.2, 0.25) is 0 Å². The highest BCUT2D eigenvalue weighted by Crippen LogP contribution is 2.33. The van der Waals surface area contributed by atoms with Gasteiger partial charge in [0.15, 0.2) is 11.6 Å². The van der Waals surface area contributed by atoms with Crippen LogP contribution in [0.2, 0.25) is 0 Å². The van der Waals surface area contributed by atoms with Gasteiger partial charge >= 0.3 is 0 Å². The summed E-state index contributed by atoms with van der Waals surface area (Å²) >= 11 is 0. The van der Waals surface area contributed by atoms with Gasteiger partial charge < -0.3 is 19.4 Å². The normalized spacial score (nSPS) is 20.5. The monoisotopic (exact) mass is 342 g/mol. The molecule has 0 radical (unpaired) electrons. The molecule has 2 fully saturated rings. The zero-order valence-electron chi connectivity index (χ0n) is 14.3. The predicted octanol–water partition coefficient (Wildman–Crippen LogP) is 0.753. The zero-order valence-corrected chi connectivity index (χ0v) is 14.3. The lowest BCUT2D eigenvalue weighted by atomic mass is 10.1. The smallest absolute Gasteiger partial charge is 0.293 e. The molecule has 8 nitrogen and oxygen atoms in total. The quantitative estimate of drug-likeness (QED) is 0.883. The Hall–Kier alpha value is -2.64. The molecule has 8 heteroatoms. The fourth-order valence-electron chi connectivity index (χ4n) is 3.35. The summed E-state index contributed by atoms with van der Waals surface area (Å²) in [7, 11) is 1.72. The van der Waals surface area contributed by atoms with E-state index in [1.54, 1.807) is 36.4 Å². The van der Waals surface area contributed by atoms with Gasteiger partial charge in [-0.05, 0) is 25.7 Å². The Kier molecular flexibility index (Phi) is 4.03. The topological polar surface area (TPSA) is 85.1 Å². The van der Waals surface area contributed by atoms with Crippen LogP contribution in [0.5, 0.6) is 0 Å². The third kappa shape index (κ3) is 3.16. The van der Waals surface area contributed by atoms with Gasteiger partial charge in [-0.25, -0.2) is 9.97 Å². The minimum atomic E-state index is -0.0999. The molecule has 1 N–H and O–H groups in total. The van der Waals surface area contributed by atoms with E-state index >= 15 is 0 Å². The van der Waals surface area contributed by atoms with Crippen LogP contribution in [0.3, 0.4) is 0 Å². The lowest BCUT2D eigenvalue weighted by Gasteiger charge is -2.33. The summed E-state index contributed by atoms with van der Waals surface area (Å²) in [5, 5.41) is 3.28. The van der Waals surface area contributed by atoms with Crippen molar-refractivity contribution >= 4 is 11.6 Å². The summed E-state index contributed by atoms with van der Waals surface area (Å²) in [6.45, 7) is 1.42. The molecule has 1 aliphatic carbocycles. The first-order valence-corrected chi connectivity index (χ1v) is 8.74. The average molecular weight is 342 g/mol. The van der Waals surface area contributed by atoms with Gasteiger partial charge in [-0.1, -0.05) is 0 Å². The zero-order chi connectivity index (χ0) is 17.4. The highest BCUT2D eigenvalue weighted by molar-refractivity contribution is 5.39. The molecule has 4 rings (SSSR count). The SMILES string of the molecule is Cn1ccnc(N2CCCC(Nc3nccn(C4CC4)c3=O)C2)c1=O. The van der Waals surface area contributed by atoms with Crippen LogP contribution >= 0.6 is 0 Å². The molecule has 0 bridgehead atoms. The van der Waals surface area contributed by atoms with E-state index in [1.807, 2.05) is 4.90 Å². The van der Waals surface area contributed by atoms with Crippen LogP contribution < -0.4 is 21.3 Å². The van der Waals surface area contributed by atoms with E-state index < -0.39 is 0 Å². The number of nitrogens with one attached hydrogen (secondary N) is 1. The number of piperidine rings is 1. The summed E-state index contributed by atoms with van der Waals surface area (Å²) in [5.74, 6) is 0.864. The lowest BCUT2D eigenvalue weighted by molar-refractivity contribution is 0.521. The van der Waals surface area contributed by atoms with Crippen molar-refractivity contribution in [2.75, 3.05) is 23.3 Å². The van der Waals surface area contributed by atoms with Crippen molar-refractivity contribution in [1.29, 1.82) is 0 Å². The molecule has 0 amide bonds. The largest absolute Gasteiger partial charge is 0.361 e. The van der Waals surface area contributed by atoms with Gasteiger partial charge in [-0.2, -0.15) is 0 Å². The molecule has 25 heavy (non-hydrogen) atoms. The third-order valence-electron chi connectivity index (χ3n) is 4.87. The fraction of sp³-hybridized carbons (Fsp3) is 0.529. The molecule has 0 aromatic carbocycles. The Labute approximate surface area is 145 Å². The Morgan fingerprint density at radius 1 is 1.08 bits per heavy atom. The Morgan fingerprint density at radius 3 is 2.68 bits per heavy atom. The summed E-state index contributed by atoms with van der Waals surface area (Å²) < 4.78 is 3.30. The lowest BCUT2D eigenvalue weighted by Crippen LogP contribution is -2.46. The minimum absolute atomic E-state index is 0.0594. The maximum absolute atomic E-state index is 12.5. The first-order valence-electron chi connectivity index (χ1n) is 8.74. The second-order valence-electron chi connectivity index (χ2n) is 6.82. The molecular formula is C17H22N6O2. The molecule has 132 valence electrons.